The third-order valence-corrected chi connectivity index (χ3v) is 4.80. The molecule has 3 heterocycles. The van der Waals surface area contributed by atoms with Crippen molar-refractivity contribution >= 4 is 33.8 Å². The first kappa shape index (κ1) is 17.8. The number of aromatic nitrogens is 4. The van der Waals surface area contributed by atoms with E-state index in [1.165, 1.54) is 30.3 Å². The molecule has 0 unspecified atom stereocenters. The van der Waals surface area contributed by atoms with Gasteiger partial charge < -0.3 is 4.42 Å². The summed E-state index contributed by atoms with van der Waals surface area (Å²) in [4.78, 5) is 12.3. The van der Waals surface area contributed by atoms with Crippen molar-refractivity contribution in [1.82, 2.24) is 20.6 Å². The van der Waals surface area contributed by atoms with Crippen molar-refractivity contribution in [2.75, 3.05) is 5.01 Å². The number of rotatable bonds is 4. The van der Waals surface area contributed by atoms with Crippen molar-refractivity contribution in [3.63, 3.8) is 0 Å². The number of amides is 1. The molecule has 0 spiro atoms. The maximum atomic E-state index is 12.5. The van der Waals surface area contributed by atoms with Crippen molar-refractivity contribution in [3.8, 4) is 11.3 Å². The van der Waals surface area contributed by atoms with Crippen LogP contribution in [0, 0.1) is 0 Å². The van der Waals surface area contributed by atoms with E-state index in [4.69, 9.17) is 8.97 Å². The minimum absolute atomic E-state index is 0.0341. The Hall–Kier alpha value is -3.64. The van der Waals surface area contributed by atoms with E-state index in [0.717, 1.165) is 5.01 Å². The average Bonchev–Trinajstić information content (AvgIpc) is 3.39. The fourth-order valence-corrected chi connectivity index (χ4v) is 3.07. The Morgan fingerprint density at radius 2 is 1.93 bits per heavy atom. The monoisotopic (exact) mass is 400 g/mol. The summed E-state index contributed by atoms with van der Waals surface area (Å²) in [5.74, 6) is 0.478. The second-order valence-corrected chi connectivity index (χ2v) is 7.20. The number of carbonyl (C=O) groups is 1. The lowest BCUT2D eigenvalue weighted by Gasteiger charge is -2.04. The van der Waals surface area contributed by atoms with Crippen LogP contribution >= 0.6 is 0 Å². The second kappa shape index (κ2) is 6.51. The summed E-state index contributed by atoms with van der Waals surface area (Å²) in [5.41, 5.74) is 1.38. The Balaban J connectivity index is 1.60. The Bertz CT molecular complexity index is 1210. The molecule has 1 aliphatic heterocycles. The lowest BCUT2D eigenvalue weighted by Crippen LogP contribution is -2.22. The van der Waals surface area contributed by atoms with Crippen LogP contribution in [0.2, 0.25) is 0 Å². The van der Waals surface area contributed by atoms with E-state index in [0.29, 0.717) is 28.4 Å². The number of hydrazone groups is 1. The van der Waals surface area contributed by atoms with Gasteiger partial charge in [-0.25, -0.2) is 0 Å². The van der Waals surface area contributed by atoms with E-state index in [9.17, 15) is 13.2 Å². The van der Waals surface area contributed by atoms with Crippen molar-refractivity contribution in [1.29, 1.82) is 0 Å². The number of carbonyl (C=O) groups excluding carboxylic acids is 1. The van der Waals surface area contributed by atoms with Crippen LogP contribution in [0.1, 0.15) is 12.7 Å². The SMILES string of the molecule is CC1=NN(c2nn[nH]n2)C(=O)C1=Cc1ccc(-c2ccc(S(=O)(=O)O)cc2)o1. The standard InChI is InChI=1S/C16H12N6O5S/c1-9-13(15(23)22(19-9)16-17-20-21-18-16)8-11-4-7-14(27-11)10-2-5-12(6-3-10)28(24,25)26/h2-8H,1H3,(H,24,25,26)(H,17,18,20,21). The Morgan fingerprint density at radius 1 is 1.18 bits per heavy atom. The number of furan rings is 1. The van der Waals surface area contributed by atoms with Crippen molar-refractivity contribution < 1.29 is 22.2 Å². The quantitative estimate of drug-likeness (QED) is 0.493. The van der Waals surface area contributed by atoms with Crippen LogP contribution in [0.4, 0.5) is 5.95 Å². The van der Waals surface area contributed by atoms with Gasteiger partial charge in [0.05, 0.1) is 16.2 Å². The Morgan fingerprint density at radius 3 is 2.57 bits per heavy atom. The highest BCUT2D eigenvalue weighted by Crippen LogP contribution is 2.27. The molecule has 1 aliphatic rings. The summed E-state index contributed by atoms with van der Waals surface area (Å²) < 4.78 is 37.0. The molecule has 28 heavy (non-hydrogen) atoms. The van der Waals surface area contributed by atoms with Gasteiger partial charge in [0.15, 0.2) is 0 Å². The van der Waals surface area contributed by atoms with Gasteiger partial charge in [-0.15, -0.1) is 5.10 Å². The summed E-state index contributed by atoms with van der Waals surface area (Å²) in [6, 6.07) is 8.89. The van der Waals surface area contributed by atoms with Crippen LogP contribution in [0.15, 0.2) is 56.4 Å². The molecule has 4 rings (SSSR count). The molecular formula is C16H12N6O5S. The summed E-state index contributed by atoms with van der Waals surface area (Å²) in [6.07, 6.45) is 1.54. The number of anilines is 1. The Labute approximate surface area is 158 Å². The summed E-state index contributed by atoms with van der Waals surface area (Å²) in [5, 5.41) is 18.3. The Kier molecular flexibility index (Phi) is 4.13. The molecule has 1 aromatic carbocycles. The second-order valence-electron chi connectivity index (χ2n) is 5.77. The molecule has 0 atom stereocenters. The summed E-state index contributed by atoms with van der Waals surface area (Å²) >= 11 is 0. The van der Waals surface area contributed by atoms with Gasteiger partial charge in [0.2, 0.25) is 0 Å². The predicted octanol–water partition coefficient (Wildman–Crippen LogP) is 1.51. The third kappa shape index (κ3) is 3.21. The topological polar surface area (TPSA) is 155 Å². The molecule has 142 valence electrons. The molecule has 2 aromatic heterocycles. The lowest BCUT2D eigenvalue weighted by molar-refractivity contribution is -0.114. The van der Waals surface area contributed by atoms with Crippen molar-refractivity contribution in [3.05, 3.63) is 47.7 Å². The normalized spacial score (nSPS) is 16.1. The zero-order chi connectivity index (χ0) is 19.9. The molecule has 1 amide bonds. The summed E-state index contributed by atoms with van der Waals surface area (Å²) in [6.45, 7) is 1.67. The minimum atomic E-state index is -4.26. The zero-order valence-electron chi connectivity index (χ0n) is 14.3. The molecule has 3 aromatic rings. The molecule has 0 bridgehead atoms. The van der Waals surface area contributed by atoms with E-state index in [1.807, 2.05) is 0 Å². The van der Waals surface area contributed by atoms with Crippen molar-refractivity contribution in [2.45, 2.75) is 11.8 Å². The van der Waals surface area contributed by atoms with Gasteiger partial charge in [0.25, 0.3) is 22.0 Å². The number of benzene rings is 1. The van der Waals surface area contributed by atoms with E-state index < -0.39 is 16.0 Å². The number of nitrogens with zero attached hydrogens (tertiary/aromatic N) is 5. The number of hydrogen-bond donors (Lipinski definition) is 2. The highest BCUT2D eigenvalue weighted by atomic mass is 32.2. The number of tetrazole rings is 1. The maximum absolute atomic E-state index is 12.5. The maximum Gasteiger partial charge on any atom is 0.294 e. The fourth-order valence-electron chi connectivity index (χ4n) is 2.59. The van der Waals surface area contributed by atoms with E-state index in [1.54, 1.807) is 19.1 Å². The smallest absolute Gasteiger partial charge is 0.294 e. The minimum Gasteiger partial charge on any atom is -0.457 e. The van der Waals surface area contributed by atoms with Gasteiger partial charge in [-0.05, 0) is 54.6 Å². The molecule has 2 N–H and O–H groups in total. The van der Waals surface area contributed by atoms with Gasteiger partial charge in [0, 0.05) is 5.56 Å². The van der Waals surface area contributed by atoms with Crippen LogP contribution in [0.25, 0.3) is 17.4 Å². The summed E-state index contributed by atoms with van der Waals surface area (Å²) in [7, 11) is -4.26. The molecular weight excluding hydrogens is 388 g/mol. The molecule has 12 heteroatoms. The van der Waals surface area contributed by atoms with Crippen LogP contribution < -0.4 is 5.01 Å². The van der Waals surface area contributed by atoms with Gasteiger partial charge in [0.1, 0.15) is 11.5 Å². The van der Waals surface area contributed by atoms with Crippen LogP contribution in [0.3, 0.4) is 0 Å². The molecule has 0 radical (unpaired) electrons. The van der Waals surface area contributed by atoms with Gasteiger partial charge in [-0.3, -0.25) is 9.35 Å². The van der Waals surface area contributed by atoms with Crippen LogP contribution in [-0.2, 0) is 14.9 Å². The van der Waals surface area contributed by atoms with Gasteiger partial charge >= 0.3 is 0 Å². The lowest BCUT2D eigenvalue weighted by atomic mass is 10.1. The number of H-pyrrole nitrogens is 1. The first-order valence-electron chi connectivity index (χ1n) is 7.86. The first-order chi connectivity index (χ1) is 13.3. The van der Waals surface area contributed by atoms with E-state index >= 15 is 0 Å². The van der Waals surface area contributed by atoms with Crippen LogP contribution in [0.5, 0.6) is 0 Å². The third-order valence-electron chi connectivity index (χ3n) is 3.94. The molecule has 11 nitrogen and oxygen atoms in total. The fraction of sp³-hybridized carbons (Fsp3) is 0.0625. The first-order valence-corrected chi connectivity index (χ1v) is 9.30. The molecule has 0 saturated heterocycles. The van der Waals surface area contributed by atoms with Crippen molar-refractivity contribution in [2.24, 2.45) is 5.10 Å². The highest BCUT2D eigenvalue weighted by molar-refractivity contribution is 7.85. The zero-order valence-corrected chi connectivity index (χ0v) is 15.1. The number of hydrogen-bond acceptors (Lipinski definition) is 8. The largest absolute Gasteiger partial charge is 0.457 e. The van der Waals surface area contributed by atoms with Crippen LogP contribution in [-0.4, -0.2) is 45.2 Å². The average molecular weight is 400 g/mol. The van der Waals surface area contributed by atoms with Gasteiger partial charge in [-0.1, -0.05) is 5.10 Å². The number of aromatic amines is 1. The molecule has 0 saturated carbocycles. The van der Waals surface area contributed by atoms with E-state index in [2.05, 4.69) is 25.7 Å². The van der Waals surface area contributed by atoms with E-state index in [-0.39, 0.29) is 10.8 Å². The molecule has 0 fully saturated rings. The highest BCUT2D eigenvalue weighted by Gasteiger charge is 2.31. The predicted molar refractivity (Wildman–Crippen MR) is 96.7 cm³/mol. The molecule has 0 aliphatic carbocycles. The number of nitrogens with one attached hydrogen (secondary N) is 1. The van der Waals surface area contributed by atoms with Gasteiger partial charge in [-0.2, -0.15) is 23.7 Å².